The number of fused-ring (bicyclic) bond motifs is 1. The van der Waals surface area contributed by atoms with Crippen LogP contribution in [0.5, 0.6) is 11.5 Å². The molecule has 0 aliphatic carbocycles. The smallest absolute Gasteiger partial charge is 0.293 e. The van der Waals surface area contributed by atoms with Crippen LogP contribution < -0.4 is 20.5 Å². The van der Waals surface area contributed by atoms with Crippen molar-refractivity contribution >= 4 is 17.3 Å². The molecule has 1 atom stereocenters. The third-order valence-corrected chi connectivity index (χ3v) is 4.01. The Kier molecular flexibility index (Phi) is 4.42. The van der Waals surface area contributed by atoms with Crippen LogP contribution in [0.3, 0.4) is 0 Å². The van der Waals surface area contributed by atoms with Crippen LogP contribution in [0.4, 0.5) is 11.4 Å². The number of ether oxygens (including phenoxy) is 2. The van der Waals surface area contributed by atoms with Crippen molar-refractivity contribution in [2.24, 2.45) is 5.73 Å². The standard InChI is InChI=1S/C17H17N3O5/c1-24-15-4-2-3-10-7-12(9-25-16(10)15)19-13-6-5-11(17(18)21)8-14(13)20(22)23/h2-6,8,12,19H,7,9H2,1H3,(H2,18,21). The Morgan fingerprint density at radius 3 is 2.88 bits per heavy atom. The molecule has 0 radical (unpaired) electrons. The first kappa shape index (κ1) is 16.6. The monoisotopic (exact) mass is 343 g/mol. The second kappa shape index (κ2) is 6.68. The van der Waals surface area contributed by atoms with Crippen LogP contribution in [-0.2, 0) is 6.42 Å². The van der Waals surface area contributed by atoms with E-state index in [0.717, 1.165) is 5.56 Å². The summed E-state index contributed by atoms with van der Waals surface area (Å²) in [6, 6.07) is 9.57. The highest BCUT2D eigenvalue weighted by atomic mass is 16.6. The Morgan fingerprint density at radius 2 is 2.20 bits per heavy atom. The third kappa shape index (κ3) is 3.32. The number of methoxy groups -OCH3 is 1. The zero-order valence-electron chi connectivity index (χ0n) is 13.5. The lowest BCUT2D eigenvalue weighted by Crippen LogP contribution is -2.33. The third-order valence-electron chi connectivity index (χ3n) is 4.01. The highest BCUT2D eigenvalue weighted by Gasteiger charge is 2.25. The minimum absolute atomic E-state index is 0.0900. The minimum atomic E-state index is -0.711. The summed E-state index contributed by atoms with van der Waals surface area (Å²) >= 11 is 0. The summed E-state index contributed by atoms with van der Waals surface area (Å²) in [6.45, 7) is 0.335. The van der Waals surface area contributed by atoms with E-state index in [1.807, 2.05) is 18.2 Å². The second-order valence-corrected chi connectivity index (χ2v) is 5.66. The Bertz CT molecular complexity index is 837. The summed E-state index contributed by atoms with van der Waals surface area (Å²) in [5.74, 6) is 0.644. The predicted molar refractivity (Wildman–Crippen MR) is 91.2 cm³/mol. The van der Waals surface area contributed by atoms with E-state index >= 15 is 0 Å². The molecule has 3 rings (SSSR count). The Labute approximate surface area is 143 Å². The maximum absolute atomic E-state index is 11.3. The molecule has 0 saturated heterocycles. The van der Waals surface area contributed by atoms with Gasteiger partial charge in [0, 0.05) is 17.2 Å². The number of nitrogens with two attached hydrogens (primary N) is 1. The van der Waals surface area contributed by atoms with Crippen molar-refractivity contribution in [3.63, 3.8) is 0 Å². The van der Waals surface area contributed by atoms with E-state index in [9.17, 15) is 14.9 Å². The van der Waals surface area contributed by atoms with Crippen molar-refractivity contribution in [1.29, 1.82) is 0 Å². The molecule has 0 aromatic heterocycles. The lowest BCUT2D eigenvalue weighted by Gasteiger charge is -2.27. The van der Waals surface area contributed by atoms with Crippen LogP contribution in [0.2, 0.25) is 0 Å². The summed E-state index contributed by atoms with van der Waals surface area (Å²) in [4.78, 5) is 22.0. The quantitative estimate of drug-likeness (QED) is 0.634. The number of carbonyl (C=O) groups is 1. The highest BCUT2D eigenvalue weighted by Crippen LogP contribution is 2.36. The fourth-order valence-electron chi connectivity index (χ4n) is 2.83. The van der Waals surface area contributed by atoms with E-state index in [0.29, 0.717) is 30.2 Å². The van der Waals surface area contributed by atoms with E-state index in [1.165, 1.54) is 18.2 Å². The topological polar surface area (TPSA) is 117 Å². The second-order valence-electron chi connectivity index (χ2n) is 5.66. The Hall–Kier alpha value is -3.29. The zero-order valence-corrected chi connectivity index (χ0v) is 13.5. The number of hydrogen-bond acceptors (Lipinski definition) is 6. The molecule has 1 aliphatic heterocycles. The summed E-state index contributed by atoms with van der Waals surface area (Å²) in [5, 5.41) is 14.4. The molecule has 1 heterocycles. The van der Waals surface area contributed by atoms with E-state index in [2.05, 4.69) is 5.32 Å². The van der Waals surface area contributed by atoms with Gasteiger partial charge in [-0.1, -0.05) is 12.1 Å². The summed E-state index contributed by atoms with van der Waals surface area (Å²) in [5.41, 5.74) is 6.35. The molecule has 2 aromatic rings. The van der Waals surface area contributed by atoms with Crippen LogP contribution in [0, 0.1) is 10.1 Å². The average Bonchev–Trinajstić information content (AvgIpc) is 2.60. The first-order chi connectivity index (χ1) is 12.0. The number of nitro groups is 1. The van der Waals surface area contributed by atoms with Gasteiger partial charge in [-0.05, 0) is 24.6 Å². The Balaban J connectivity index is 1.84. The Morgan fingerprint density at radius 1 is 1.40 bits per heavy atom. The van der Waals surface area contributed by atoms with Gasteiger partial charge < -0.3 is 20.5 Å². The van der Waals surface area contributed by atoms with Gasteiger partial charge in [0.05, 0.1) is 18.1 Å². The molecular weight excluding hydrogens is 326 g/mol. The average molecular weight is 343 g/mol. The molecule has 3 N–H and O–H groups in total. The number of para-hydroxylation sites is 1. The van der Waals surface area contributed by atoms with Gasteiger partial charge in [-0.15, -0.1) is 0 Å². The molecule has 0 bridgehead atoms. The molecule has 130 valence electrons. The number of carbonyl (C=O) groups excluding carboxylic acids is 1. The van der Waals surface area contributed by atoms with E-state index in [4.69, 9.17) is 15.2 Å². The van der Waals surface area contributed by atoms with Crippen molar-refractivity contribution in [2.45, 2.75) is 12.5 Å². The molecule has 8 heteroatoms. The van der Waals surface area contributed by atoms with E-state index in [1.54, 1.807) is 7.11 Å². The van der Waals surface area contributed by atoms with Crippen molar-refractivity contribution in [3.05, 3.63) is 57.6 Å². The molecule has 1 unspecified atom stereocenters. The molecule has 0 saturated carbocycles. The van der Waals surface area contributed by atoms with E-state index in [-0.39, 0.29) is 17.3 Å². The highest BCUT2D eigenvalue weighted by molar-refractivity contribution is 5.94. The maximum Gasteiger partial charge on any atom is 0.293 e. The molecule has 8 nitrogen and oxygen atoms in total. The lowest BCUT2D eigenvalue weighted by molar-refractivity contribution is -0.384. The summed E-state index contributed by atoms with van der Waals surface area (Å²) < 4.78 is 11.0. The minimum Gasteiger partial charge on any atom is -0.493 e. The maximum atomic E-state index is 11.3. The molecule has 2 aromatic carbocycles. The van der Waals surface area contributed by atoms with Crippen LogP contribution in [0.1, 0.15) is 15.9 Å². The fraction of sp³-hybridized carbons (Fsp3) is 0.235. The predicted octanol–water partition coefficient (Wildman–Crippen LogP) is 2.12. The van der Waals surface area contributed by atoms with Gasteiger partial charge in [-0.3, -0.25) is 14.9 Å². The van der Waals surface area contributed by atoms with Crippen LogP contribution in [0.15, 0.2) is 36.4 Å². The molecular formula is C17H17N3O5. The molecule has 1 aliphatic rings. The van der Waals surface area contributed by atoms with Crippen LogP contribution >= 0.6 is 0 Å². The van der Waals surface area contributed by atoms with Crippen LogP contribution in [0.25, 0.3) is 0 Å². The number of hydrogen-bond donors (Lipinski definition) is 2. The van der Waals surface area contributed by atoms with Gasteiger partial charge in [0.2, 0.25) is 5.91 Å². The number of benzene rings is 2. The molecule has 1 amide bonds. The number of anilines is 1. The van der Waals surface area contributed by atoms with Crippen molar-refractivity contribution in [1.82, 2.24) is 0 Å². The summed E-state index contributed by atoms with van der Waals surface area (Å²) in [6.07, 6.45) is 0.626. The number of nitrogens with zero attached hydrogens (tertiary/aromatic N) is 1. The number of primary amides is 1. The summed E-state index contributed by atoms with van der Waals surface area (Å²) in [7, 11) is 1.58. The number of rotatable bonds is 5. The van der Waals surface area contributed by atoms with Crippen molar-refractivity contribution < 1.29 is 19.2 Å². The first-order valence-electron chi connectivity index (χ1n) is 7.63. The number of nitro benzene ring substituents is 1. The van der Waals surface area contributed by atoms with Crippen molar-refractivity contribution in [3.8, 4) is 11.5 Å². The lowest BCUT2D eigenvalue weighted by atomic mass is 10.0. The van der Waals surface area contributed by atoms with Gasteiger partial charge in [-0.2, -0.15) is 0 Å². The molecule has 25 heavy (non-hydrogen) atoms. The first-order valence-corrected chi connectivity index (χ1v) is 7.63. The zero-order chi connectivity index (χ0) is 18.0. The van der Waals surface area contributed by atoms with Gasteiger partial charge in [0.25, 0.3) is 5.69 Å². The largest absolute Gasteiger partial charge is 0.493 e. The number of amides is 1. The molecule has 0 spiro atoms. The van der Waals surface area contributed by atoms with Gasteiger partial charge in [0.15, 0.2) is 11.5 Å². The van der Waals surface area contributed by atoms with Gasteiger partial charge in [-0.25, -0.2) is 0 Å². The van der Waals surface area contributed by atoms with Gasteiger partial charge >= 0.3 is 0 Å². The van der Waals surface area contributed by atoms with Gasteiger partial charge in [0.1, 0.15) is 12.3 Å². The van der Waals surface area contributed by atoms with Crippen molar-refractivity contribution in [2.75, 3.05) is 19.0 Å². The van der Waals surface area contributed by atoms with E-state index < -0.39 is 10.8 Å². The SMILES string of the molecule is COc1cccc2c1OCC(Nc1ccc(C(N)=O)cc1[N+](=O)[O-])C2. The number of nitrogens with one attached hydrogen (secondary N) is 1. The fourth-order valence-corrected chi connectivity index (χ4v) is 2.83. The normalized spacial score (nSPS) is 15.6. The molecule has 0 fully saturated rings. The van der Waals surface area contributed by atoms with Crippen LogP contribution in [-0.4, -0.2) is 30.6 Å².